The van der Waals surface area contributed by atoms with E-state index in [2.05, 4.69) is 6.58 Å². The van der Waals surface area contributed by atoms with Gasteiger partial charge in [-0.25, -0.2) is 4.79 Å². The molecule has 0 spiro atoms. The van der Waals surface area contributed by atoms with Crippen LogP contribution in [0, 0.1) is 0 Å². The molecule has 0 saturated carbocycles. The maximum absolute atomic E-state index is 12.1. The van der Waals surface area contributed by atoms with Crippen LogP contribution in [0.4, 0.5) is 0 Å². The highest BCUT2D eigenvalue weighted by atomic mass is 16.5. The van der Waals surface area contributed by atoms with Crippen LogP contribution in [-0.4, -0.2) is 18.4 Å². The summed E-state index contributed by atoms with van der Waals surface area (Å²) in [6.07, 6.45) is 1.37. The van der Waals surface area contributed by atoms with Gasteiger partial charge in [-0.05, 0) is 29.7 Å². The second kappa shape index (κ2) is 7.55. The van der Waals surface area contributed by atoms with Crippen molar-refractivity contribution in [3.8, 4) is 0 Å². The Balaban J connectivity index is 1.86. The van der Waals surface area contributed by atoms with E-state index in [4.69, 9.17) is 4.74 Å². The maximum Gasteiger partial charge on any atom is 0.333 e. The van der Waals surface area contributed by atoms with E-state index in [1.54, 1.807) is 6.92 Å². The lowest BCUT2D eigenvalue weighted by Crippen LogP contribution is -2.09. The summed E-state index contributed by atoms with van der Waals surface area (Å²) >= 11 is 0. The molecule has 0 aromatic heterocycles. The van der Waals surface area contributed by atoms with Crippen molar-refractivity contribution in [1.29, 1.82) is 0 Å². The molecule has 3 heteroatoms. The number of ketones is 1. The largest absolute Gasteiger partial charge is 0.462 e. The molecule has 2 aromatic rings. The molecular weight excluding hydrogens is 276 g/mol. The number of carbonyl (C=O) groups is 2. The number of hydrogen-bond acceptors (Lipinski definition) is 3. The molecule has 114 valence electrons. The minimum absolute atomic E-state index is 0.155. The standard InChI is InChI=1S/C19H20O3/c1-14(2)19(21)22-12-6-10-17(20)13-16-9-5-8-15-7-3-4-11-18(15)16/h3-5,7-9,11H,1,6,10,12-13H2,2H3. The monoisotopic (exact) mass is 296 g/mol. The van der Waals surface area contributed by atoms with Gasteiger partial charge in [0.25, 0.3) is 0 Å². The smallest absolute Gasteiger partial charge is 0.333 e. The molecule has 0 aliphatic carbocycles. The van der Waals surface area contributed by atoms with Crippen molar-refractivity contribution >= 4 is 22.5 Å². The van der Waals surface area contributed by atoms with Gasteiger partial charge in [0.15, 0.2) is 0 Å². The molecule has 0 fully saturated rings. The van der Waals surface area contributed by atoms with E-state index < -0.39 is 5.97 Å². The number of esters is 1. The lowest BCUT2D eigenvalue weighted by Gasteiger charge is -2.07. The van der Waals surface area contributed by atoms with Crippen LogP contribution in [-0.2, 0) is 20.7 Å². The van der Waals surface area contributed by atoms with Crippen molar-refractivity contribution in [2.75, 3.05) is 6.61 Å². The molecule has 0 atom stereocenters. The summed E-state index contributed by atoms with van der Waals surface area (Å²) < 4.78 is 4.98. The van der Waals surface area contributed by atoms with Gasteiger partial charge in [0.1, 0.15) is 5.78 Å². The summed E-state index contributed by atoms with van der Waals surface area (Å²) in [7, 11) is 0. The molecule has 2 rings (SSSR count). The van der Waals surface area contributed by atoms with Crippen LogP contribution in [0.15, 0.2) is 54.6 Å². The summed E-state index contributed by atoms with van der Waals surface area (Å²) in [6.45, 7) is 5.37. The van der Waals surface area contributed by atoms with Crippen LogP contribution >= 0.6 is 0 Å². The van der Waals surface area contributed by atoms with Crippen molar-refractivity contribution in [2.24, 2.45) is 0 Å². The van der Waals surface area contributed by atoms with Gasteiger partial charge >= 0.3 is 5.97 Å². The summed E-state index contributed by atoms with van der Waals surface area (Å²) in [4.78, 5) is 23.3. The van der Waals surface area contributed by atoms with E-state index in [1.807, 2.05) is 42.5 Å². The Bertz CT molecular complexity index is 695. The lowest BCUT2D eigenvalue weighted by molar-refractivity contribution is -0.139. The van der Waals surface area contributed by atoms with E-state index in [0.29, 0.717) is 24.8 Å². The number of ether oxygens (including phenoxy) is 1. The van der Waals surface area contributed by atoms with Crippen LogP contribution in [0.5, 0.6) is 0 Å². The normalized spacial score (nSPS) is 10.4. The summed E-state index contributed by atoms with van der Waals surface area (Å²) in [5.41, 5.74) is 1.42. The molecule has 0 amide bonds. The second-order valence-corrected chi connectivity index (χ2v) is 5.37. The first-order valence-corrected chi connectivity index (χ1v) is 7.39. The van der Waals surface area contributed by atoms with E-state index in [-0.39, 0.29) is 12.4 Å². The van der Waals surface area contributed by atoms with E-state index in [1.165, 1.54) is 0 Å². The van der Waals surface area contributed by atoms with Gasteiger partial charge in [-0.15, -0.1) is 0 Å². The predicted molar refractivity (Wildman–Crippen MR) is 87.7 cm³/mol. The number of rotatable bonds is 7. The first-order chi connectivity index (χ1) is 10.6. The van der Waals surface area contributed by atoms with Crippen molar-refractivity contribution < 1.29 is 14.3 Å². The van der Waals surface area contributed by atoms with Gasteiger partial charge < -0.3 is 4.74 Å². The van der Waals surface area contributed by atoms with Crippen LogP contribution in [0.3, 0.4) is 0 Å². The van der Waals surface area contributed by atoms with Gasteiger partial charge in [-0.2, -0.15) is 0 Å². The highest BCUT2D eigenvalue weighted by molar-refractivity contribution is 5.91. The van der Waals surface area contributed by atoms with Gasteiger partial charge in [-0.3, -0.25) is 4.79 Å². The fourth-order valence-corrected chi connectivity index (χ4v) is 2.30. The summed E-state index contributed by atoms with van der Waals surface area (Å²) in [5, 5.41) is 2.26. The Morgan fingerprint density at radius 3 is 2.59 bits per heavy atom. The number of carbonyl (C=O) groups excluding carboxylic acids is 2. The Morgan fingerprint density at radius 1 is 1.09 bits per heavy atom. The maximum atomic E-state index is 12.1. The zero-order valence-electron chi connectivity index (χ0n) is 12.8. The molecule has 0 N–H and O–H groups in total. The molecule has 22 heavy (non-hydrogen) atoms. The fraction of sp³-hybridized carbons (Fsp3) is 0.263. The van der Waals surface area contributed by atoms with Gasteiger partial charge in [-0.1, -0.05) is 49.0 Å². The fourth-order valence-electron chi connectivity index (χ4n) is 2.30. The molecular formula is C19H20O3. The Labute approximate surface area is 130 Å². The van der Waals surface area contributed by atoms with Crippen molar-refractivity contribution in [3.05, 3.63) is 60.2 Å². The molecule has 3 nitrogen and oxygen atoms in total. The van der Waals surface area contributed by atoms with Gasteiger partial charge in [0, 0.05) is 18.4 Å². The minimum atomic E-state index is -0.401. The zero-order valence-corrected chi connectivity index (χ0v) is 12.8. The third kappa shape index (κ3) is 4.29. The molecule has 0 radical (unpaired) electrons. The number of Topliss-reactive ketones (excluding diaryl/α,β-unsaturated/α-hetero) is 1. The zero-order chi connectivity index (χ0) is 15.9. The third-order valence-electron chi connectivity index (χ3n) is 3.45. The van der Waals surface area contributed by atoms with Crippen LogP contribution in [0.1, 0.15) is 25.3 Å². The Morgan fingerprint density at radius 2 is 1.82 bits per heavy atom. The second-order valence-electron chi connectivity index (χ2n) is 5.37. The van der Waals surface area contributed by atoms with Crippen molar-refractivity contribution in [1.82, 2.24) is 0 Å². The first-order valence-electron chi connectivity index (χ1n) is 7.39. The average molecular weight is 296 g/mol. The van der Waals surface area contributed by atoms with Crippen molar-refractivity contribution in [2.45, 2.75) is 26.2 Å². The molecule has 0 aliphatic heterocycles. The Hall–Kier alpha value is -2.42. The highest BCUT2D eigenvalue weighted by Gasteiger charge is 2.08. The minimum Gasteiger partial charge on any atom is -0.462 e. The Kier molecular flexibility index (Phi) is 5.48. The van der Waals surface area contributed by atoms with Crippen LogP contribution in [0.25, 0.3) is 10.8 Å². The van der Waals surface area contributed by atoms with Gasteiger partial charge in [0.2, 0.25) is 0 Å². The molecule has 0 heterocycles. The lowest BCUT2D eigenvalue weighted by atomic mass is 9.99. The quantitative estimate of drug-likeness (QED) is 0.443. The SMILES string of the molecule is C=C(C)C(=O)OCCCC(=O)Cc1cccc2ccccc12. The van der Waals surface area contributed by atoms with E-state index in [9.17, 15) is 9.59 Å². The summed E-state index contributed by atoms with van der Waals surface area (Å²) in [5.74, 6) is -0.246. The van der Waals surface area contributed by atoms with Crippen LogP contribution in [0.2, 0.25) is 0 Å². The molecule has 2 aromatic carbocycles. The molecule has 0 aliphatic rings. The predicted octanol–water partition coefficient (Wildman–Crippen LogP) is 3.85. The highest BCUT2D eigenvalue weighted by Crippen LogP contribution is 2.19. The first kappa shape index (κ1) is 16.0. The third-order valence-corrected chi connectivity index (χ3v) is 3.45. The van der Waals surface area contributed by atoms with Crippen molar-refractivity contribution in [3.63, 3.8) is 0 Å². The molecule has 0 bridgehead atoms. The number of hydrogen-bond donors (Lipinski definition) is 0. The average Bonchev–Trinajstić information content (AvgIpc) is 2.51. The van der Waals surface area contributed by atoms with Gasteiger partial charge in [0.05, 0.1) is 6.61 Å². The molecule has 0 saturated heterocycles. The molecule has 0 unspecified atom stereocenters. The number of benzene rings is 2. The topological polar surface area (TPSA) is 43.4 Å². The summed E-state index contributed by atoms with van der Waals surface area (Å²) in [6, 6.07) is 14.0. The van der Waals surface area contributed by atoms with E-state index in [0.717, 1.165) is 16.3 Å². The number of fused-ring (bicyclic) bond motifs is 1. The van der Waals surface area contributed by atoms with E-state index >= 15 is 0 Å². The van der Waals surface area contributed by atoms with Crippen LogP contribution < -0.4 is 0 Å².